The van der Waals surface area contributed by atoms with Crippen molar-refractivity contribution in [3.63, 3.8) is 0 Å². The number of rotatable bonds is 1. The van der Waals surface area contributed by atoms with Crippen molar-refractivity contribution in [2.24, 2.45) is 0 Å². The summed E-state index contributed by atoms with van der Waals surface area (Å²) in [5, 5.41) is 6.12. The maximum absolute atomic E-state index is 13.3. The molecule has 0 saturated heterocycles. The molecule has 4 aromatic rings. The fraction of sp³-hybridized carbons (Fsp3) is 0.160. The molecule has 1 aliphatic carbocycles. The third-order valence-corrected chi connectivity index (χ3v) is 6.36. The van der Waals surface area contributed by atoms with Gasteiger partial charge in [0.2, 0.25) is 0 Å². The molecule has 3 aromatic carbocycles. The van der Waals surface area contributed by atoms with Crippen molar-refractivity contribution in [1.82, 2.24) is 4.57 Å². The van der Waals surface area contributed by atoms with Crippen LogP contribution in [0.4, 0.5) is 5.69 Å². The van der Waals surface area contributed by atoms with Gasteiger partial charge < -0.3 is 9.88 Å². The molecule has 3 atom stereocenters. The second-order valence-electron chi connectivity index (χ2n) is 7.81. The van der Waals surface area contributed by atoms with Crippen molar-refractivity contribution in [3.05, 3.63) is 96.3 Å². The summed E-state index contributed by atoms with van der Waals surface area (Å²) in [7, 11) is 0. The van der Waals surface area contributed by atoms with Crippen LogP contribution in [0, 0.1) is 0 Å². The molecule has 28 heavy (non-hydrogen) atoms. The average Bonchev–Trinajstić information content (AvgIpc) is 3.30. The van der Waals surface area contributed by atoms with Crippen LogP contribution in [0.1, 0.15) is 29.5 Å². The number of para-hydroxylation sites is 2. The highest BCUT2D eigenvalue weighted by Crippen LogP contribution is 2.47. The van der Waals surface area contributed by atoms with E-state index in [2.05, 4.69) is 94.9 Å². The lowest BCUT2D eigenvalue weighted by Crippen LogP contribution is -2.29. The molecule has 136 valence electrons. The third kappa shape index (κ3) is 2.13. The van der Waals surface area contributed by atoms with Crippen molar-refractivity contribution in [2.75, 3.05) is 5.32 Å². The first-order valence-corrected chi connectivity index (χ1v) is 9.85. The predicted octanol–water partition coefficient (Wildman–Crippen LogP) is 5.26. The van der Waals surface area contributed by atoms with Gasteiger partial charge >= 0.3 is 0 Å². The highest BCUT2D eigenvalue weighted by atomic mass is 16.1. The molecule has 2 heterocycles. The largest absolute Gasteiger partial charge is 0.379 e. The molecule has 1 saturated carbocycles. The number of carbonyl (C=O) groups is 1. The monoisotopic (exact) mass is 364 g/mol. The molecule has 0 amide bonds. The van der Waals surface area contributed by atoms with E-state index < -0.39 is 0 Å². The molecule has 0 bridgehead atoms. The van der Waals surface area contributed by atoms with E-state index in [1.54, 1.807) is 0 Å². The Morgan fingerprint density at radius 1 is 0.857 bits per heavy atom. The van der Waals surface area contributed by atoms with E-state index >= 15 is 0 Å². The molecular formula is C25H20N2O. The van der Waals surface area contributed by atoms with Crippen molar-refractivity contribution in [2.45, 2.75) is 24.3 Å². The molecule has 6 rings (SSSR count). The Hall–Kier alpha value is -3.33. The van der Waals surface area contributed by atoms with E-state index in [1.165, 1.54) is 16.5 Å². The van der Waals surface area contributed by atoms with Gasteiger partial charge in [-0.2, -0.15) is 0 Å². The SMILES string of the molecule is O=C1CC2c3cccn3-c3ccccc3NC2C1c1cccc2ccccc12. The van der Waals surface area contributed by atoms with Gasteiger partial charge in [0.25, 0.3) is 0 Å². The Bertz CT molecular complexity index is 1220. The topological polar surface area (TPSA) is 34.0 Å². The van der Waals surface area contributed by atoms with E-state index in [1.807, 2.05) is 0 Å². The summed E-state index contributed by atoms with van der Waals surface area (Å²) in [6.07, 6.45) is 2.68. The second kappa shape index (κ2) is 5.83. The Kier molecular flexibility index (Phi) is 3.27. The number of aromatic nitrogens is 1. The van der Waals surface area contributed by atoms with Crippen LogP contribution in [-0.2, 0) is 4.79 Å². The van der Waals surface area contributed by atoms with Gasteiger partial charge in [-0.05, 0) is 40.6 Å². The summed E-state index contributed by atoms with van der Waals surface area (Å²) in [5.41, 5.74) is 4.60. The zero-order chi connectivity index (χ0) is 18.7. The molecule has 0 radical (unpaired) electrons. The number of Topliss-reactive ketones (excluding diaryl/α,β-unsaturated/α-hetero) is 1. The highest BCUT2D eigenvalue weighted by Gasteiger charge is 2.46. The normalized spacial score (nSPS) is 22.9. The van der Waals surface area contributed by atoms with Crippen LogP contribution in [0.25, 0.3) is 16.5 Å². The van der Waals surface area contributed by atoms with Crippen LogP contribution in [0.3, 0.4) is 0 Å². The number of benzene rings is 3. The predicted molar refractivity (Wildman–Crippen MR) is 112 cm³/mol. The van der Waals surface area contributed by atoms with E-state index in [0.717, 1.165) is 16.9 Å². The summed E-state index contributed by atoms with van der Waals surface area (Å²) >= 11 is 0. The number of nitrogens with zero attached hydrogens (tertiary/aromatic N) is 1. The summed E-state index contributed by atoms with van der Waals surface area (Å²) in [6.45, 7) is 0. The van der Waals surface area contributed by atoms with Gasteiger partial charge in [0.15, 0.2) is 0 Å². The zero-order valence-electron chi connectivity index (χ0n) is 15.4. The number of ketones is 1. The van der Waals surface area contributed by atoms with Crippen LogP contribution in [0.2, 0.25) is 0 Å². The van der Waals surface area contributed by atoms with E-state index in [4.69, 9.17) is 0 Å². The fourth-order valence-electron chi connectivity index (χ4n) is 5.17. The van der Waals surface area contributed by atoms with Gasteiger partial charge in [0.05, 0.1) is 17.3 Å². The average molecular weight is 364 g/mol. The molecule has 1 N–H and O–H groups in total. The minimum Gasteiger partial charge on any atom is -0.379 e. The van der Waals surface area contributed by atoms with Crippen LogP contribution >= 0.6 is 0 Å². The Morgan fingerprint density at radius 3 is 2.64 bits per heavy atom. The summed E-state index contributed by atoms with van der Waals surface area (Å²) < 4.78 is 2.24. The third-order valence-electron chi connectivity index (χ3n) is 6.36. The first kappa shape index (κ1) is 15.7. The molecule has 1 fully saturated rings. The van der Waals surface area contributed by atoms with E-state index in [-0.39, 0.29) is 17.9 Å². The van der Waals surface area contributed by atoms with Gasteiger partial charge in [-0.3, -0.25) is 4.79 Å². The lowest BCUT2D eigenvalue weighted by Gasteiger charge is -2.25. The van der Waals surface area contributed by atoms with Gasteiger partial charge in [-0.25, -0.2) is 0 Å². The minimum absolute atomic E-state index is 0.0515. The first-order chi connectivity index (χ1) is 13.8. The summed E-state index contributed by atoms with van der Waals surface area (Å²) in [4.78, 5) is 13.3. The zero-order valence-corrected chi connectivity index (χ0v) is 15.4. The van der Waals surface area contributed by atoms with Gasteiger partial charge in [-0.1, -0.05) is 54.6 Å². The van der Waals surface area contributed by atoms with Crippen molar-refractivity contribution < 1.29 is 4.79 Å². The van der Waals surface area contributed by atoms with Gasteiger partial charge in [0.1, 0.15) is 5.78 Å². The van der Waals surface area contributed by atoms with Crippen LogP contribution in [0.5, 0.6) is 0 Å². The maximum atomic E-state index is 13.3. The molecule has 1 aliphatic heterocycles. The molecule has 3 unspecified atom stereocenters. The van der Waals surface area contributed by atoms with Crippen molar-refractivity contribution in [1.29, 1.82) is 0 Å². The second-order valence-corrected chi connectivity index (χ2v) is 7.81. The molecule has 3 heteroatoms. The Morgan fingerprint density at radius 2 is 1.68 bits per heavy atom. The van der Waals surface area contributed by atoms with Crippen molar-refractivity contribution >= 4 is 22.2 Å². The minimum atomic E-state index is -0.148. The number of nitrogens with one attached hydrogen (secondary N) is 1. The van der Waals surface area contributed by atoms with Crippen LogP contribution in [-0.4, -0.2) is 16.4 Å². The molecule has 1 aromatic heterocycles. The number of fused-ring (bicyclic) bond motifs is 6. The molecule has 3 nitrogen and oxygen atoms in total. The summed E-state index contributed by atoms with van der Waals surface area (Å²) in [5.74, 6) is 0.343. The van der Waals surface area contributed by atoms with E-state index in [0.29, 0.717) is 12.2 Å². The lowest BCUT2D eigenvalue weighted by molar-refractivity contribution is -0.118. The maximum Gasteiger partial charge on any atom is 0.143 e. The summed E-state index contributed by atoms with van der Waals surface area (Å²) in [6, 6.07) is 27.4. The van der Waals surface area contributed by atoms with E-state index in [9.17, 15) is 4.79 Å². The number of carbonyl (C=O) groups excluding carboxylic acids is 1. The Labute approximate surface area is 163 Å². The Balaban J connectivity index is 1.56. The van der Waals surface area contributed by atoms with Crippen LogP contribution < -0.4 is 5.32 Å². The molecule has 0 spiro atoms. The smallest absolute Gasteiger partial charge is 0.143 e. The van der Waals surface area contributed by atoms with Gasteiger partial charge in [-0.15, -0.1) is 0 Å². The number of hydrogen-bond donors (Lipinski definition) is 1. The standard InChI is InChI=1S/C25H20N2O/c28-23-15-19-21-13-6-14-27(21)22-12-4-3-11-20(22)26-25(19)24(23)18-10-5-8-16-7-1-2-9-17(16)18/h1-14,19,24-26H,15H2. The first-order valence-electron chi connectivity index (χ1n) is 9.85. The lowest BCUT2D eigenvalue weighted by atomic mass is 9.86. The quantitative estimate of drug-likeness (QED) is 0.499. The fourth-order valence-corrected chi connectivity index (χ4v) is 5.17. The number of hydrogen-bond acceptors (Lipinski definition) is 2. The van der Waals surface area contributed by atoms with Crippen LogP contribution in [0.15, 0.2) is 85.1 Å². The van der Waals surface area contributed by atoms with Gasteiger partial charge in [0, 0.05) is 30.3 Å². The number of anilines is 1. The van der Waals surface area contributed by atoms with Crippen molar-refractivity contribution in [3.8, 4) is 5.69 Å². The highest BCUT2D eigenvalue weighted by molar-refractivity contribution is 5.97. The molecule has 2 aliphatic rings. The molecular weight excluding hydrogens is 344 g/mol.